The van der Waals surface area contributed by atoms with Gasteiger partial charge in [0.2, 0.25) is 0 Å². The minimum absolute atomic E-state index is 0.345. The number of hydrogen-bond acceptors (Lipinski definition) is 4. The molecule has 134 valence electrons. The maximum absolute atomic E-state index is 6.23. The number of nitrogens with one attached hydrogen (secondary N) is 2. The first kappa shape index (κ1) is 18.8. The fourth-order valence-corrected chi connectivity index (χ4v) is 2.99. The van der Waals surface area contributed by atoms with E-state index in [9.17, 15) is 0 Å². The Balaban J connectivity index is 1.72. The average molecular weight is 354 g/mol. The highest BCUT2D eigenvalue weighted by Crippen LogP contribution is 2.25. The molecule has 1 unspecified atom stereocenters. The molecule has 1 fully saturated rings. The van der Waals surface area contributed by atoms with Crippen LogP contribution in [0.2, 0.25) is 5.02 Å². The van der Waals surface area contributed by atoms with Gasteiger partial charge in [-0.15, -0.1) is 0 Å². The minimum atomic E-state index is 0.345. The molecule has 2 rings (SSSR count). The SMILES string of the molecule is CCOCCCCNC(=NC)NC1CCN(c2ncccc2Cl)C1. The van der Waals surface area contributed by atoms with Crippen molar-refractivity contribution in [1.29, 1.82) is 0 Å². The van der Waals surface area contributed by atoms with E-state index < -0.39 is 0 Å². The van der Waals surface area contributed by atoms with Crippen LogP contribution in [0.25, 0.3) is 0 Å². The van der Waals surface area contributed by atoms with Gasteiger partial charge in [0.05, 0.1) is 5.02 Å². The van der Waals surface area contributed by atoms with Crippen LogP contribution in [0.4, 0.5) is 5.82 Å². The van der Waals surface area contributed by atoms with E-state index in [1.165, 1.54) is 0 Å². The highest BCUT2D eigenvalue weighted by molar-refractivity contribution is 6.32. The van der Waals surface area contributed by atoms with E-state index in [1.807, 2.05) is 19.1 Å². The molecule has 0 saturated carbocycles. The van der Waals surface area contributed by atoms with Crippen molar-refractivity contribution >= 4 is 23.4 Å². The maximum atomic E-state index is 6.23. The van der Waals surface area contributed by atoms with Gasteiger partial charge in [-0.05, 0) is 38.3 Å². The Morgan fingerprint density at radius 3 is 3.12 bits per heavy atom. The third kappa shape index (κ3) is 5.83. The Morgan fingerprint density at radius 2 is 2.38 bits per heavy atom. The number of anilines is 1. The van der Waals surface area contributed by atoms with Gasteiger partial charge in [-0.3, -0.25) is 4.99 Å². The summed E-state index contributed by atoms with van der Waals surface area (Å²) in [5.74, 6) is 1.72. The van der Waals surface area contributed by atoms with Crippen LogP contribution in [0.1, 0.15) is 26.2 Å². The number of nitrogens with zero attached hydrogens (tertiary/aromatic N) is 3. The van der Waals surface area contributed by atoms with Crippen LogP contribution >= 0.6 is 11.6 Å². The zero-order valence-corrected chi connectivity index (χ0v) is 15.4. The summed E-state index contributed by atoms with van der Waals surface area (Å²) in [6, 6.07) is 4.08. The quantitative estimate of drug-likeness (QED) is 0.426. The topological polar surface area (TPSA) is 61.8 Å². The Kier molecular flexibility index (Phi) is 8.12. The number of hydrogen-bond donors (Lipinski definition) is 2. The van der Waals surface area contributed by atoms with Crippen LogP contribution < -0.4 is 15.5 Å². The monoisotopic (exact) mass is 353 g/mol. The third-order valence-corrected chi connectivity index (χ3v) is 4.30. The Hall–Kier alpha value is -1.53. The molecule has 1 aliphatic heterocycles. The van der Waals surface area contributed by atoms with Crippen molar-refractivity contribution in [2.24, 2.45) is 4.99 Å². The van der Waals surface area contributed by atoms with Gasteiger partial charge in [-0.1, -0.05) is 11.6 Å². The molecule has 6 nitrogen and oxygen atoms in total. The van der Waals surface area contributed by atoms with Crippen molar-refractivity contribution in [2.45, 2.75) is 32.2 Å². The molecular weight excluding hydrogens is 326 g/mol. The van der Waals surface area contributed by atoms with Gasteiger partial charge in [0, 0.05) is 52.1 Å². The fraction of sp³-hybridized carbons (Fsp3) is 0.647. The van der Waals surface area contributed by atoms with Crippen LogP contribution in [-0.4, -0.2) is 56.9 Å². The smallest absolute Gasteiger partial charge is 0.191 e. The highest BCUT2D eigenvalue weighted by Gasteiger charge is 2.25. The van der Waals surface area contributed by atoms with Crippen LogP contribution in [0, 0.1) is 0 Å². The molecule has 1 aromatic rings. The number of rotatable bonds is 8. The second kappa shape index (κ2) is 10.4. The summed E-state index contributed by atoms with van der Waals surface area (Å²) in [5, 5.41) is 7.55. The average Bonchev–Trinajstić information content (AvgIpc) is 3.05. The number of ether oxygens (including phenoxy) is 1. The van der Waals surface area contributed by atoms with E-state index in [1.54, 1.807) is 13.2 Å². The van der Waals surface area contributed by atoms with Crippen molar-refractivity contribution < 1.29 is 4.74 Å². The summed E-state index contributed by atoms with van der Waals surface area (Å²) in [5.41, 5.74) is 0. The zero-order chi connectivity index (χ0) is 17.2. The number of aliphatic imine (C=N–C) groups is 1. The first-order valence-corrected chi connectivity index (χ1v) is 9.02. The lowest BCUT2D eigenvalue weighted by Gasteiger charge is -2.20. The van der Waals surface area contributed by atoms with Crippen LogP contribution in [0.15, 0.2) is 23.3 Å². The predicted octanol–water partition coefficient (Wildman–Crippen LogP) is 2.30. The highest BCUT2D eigenvalue weighted by atomic mass is 35.5. The summed E-state index contributed by atoms with van der Waals surface area (Å²) < 4.78 is 5.34. The lowest BCUT2D eigenvalue weighted by Crippen LogP contribution is -2.45. The van der Waals surface area contributed by atoms with Crippen molar-refractivity contribution in [1.82, 2.24) is 15.6 Å². The predicted molar refractivity (Wildman–Crippen MR) is 100 cm³/mol. The first-order valence-electron chi connectivity index (χ1n) is 8.65. The van der Waals surface area contributed by atoms with Gasteiger partial charge in [-0.2, -0.15) is 0 Å². The van der Waals surface area contributed by atoms with Gasteiger partial charge >= 0.3 is 0 Å². The summed E-state index contributed by atoms with van der Waals surface area (Å²) in [6.07, 6.45) is 4.96. The molecule has 1 aromatic heterocycles. The molecule has 24 heavy (non-hydrogen) atoms. The van der Waals surface area contributed by atoms with Gasteiger partial charge < -0.3 is 20.3 Å². The summed E-state index contributed by atoms with van der Waals surface area (Å²) >= 11 is 6.23. The summed E-state index contributed by atoms with van der Waals surface area (Å²) in [6.45, 7) is 6.35. The normalized spacial score (nSPS) is 18.0. The molecule has 2 heterocycles. The molecule has 1 atom stereocenters. The van der Waals surface area contributed by atoms with E-state index in [0.717, 1.165) is 63.9 Å². The molecule has 0 amide bonds. The van der Waals surface area contributed by atoms with Crippen LogP contribution in [-0.2, 0) is 4.74 Å². The second-order valence-corrected chi connectivity index (χ2v) is 6.20. The molecule has 1 aliphatic rings. The molecule has 0 bridgehead atoms. The van der Waals surface area contributed by atoms with Crippen molar-refractivity contribution in [3.8, 4) is 0 Å². The van der Waals surface area contributed by atoms with Gasteiger partial charge in [0.25, 0.3) is 0 Å². The number of pyridine rings is 1. The van der Waals surface area contributed by atoms with E-state index in [0.29, 0.717) is 11.1 Å². The van der Waals surface area contributed by atoms with E-state index >= 15 is 0 Å². The lowest BCUT2D eigenvalue weighted by atomic mass is 10.3. The minimum Gasteiger partial charge on any atom is -0.382 e. The largest absolute Gasteiger partial charge is 0.382 e. The number of guanidine groups is 1. The standard InChI is InChI=1S/C17H28ClN5O/c1-3-24-12-5-4-9-21-17(19-2)22-14-8-11-23(13-14)16-15(18)7-6-10-20-16/h6-7,10,14H,3-5,8-9,11-13H2,1-2H3,(H2,19,21,22). The van der Waals surface area contributed by atoms with Crippen molar-refractivity contribution in [3.05, 3.63) is 23.4 Å². The van der Waals surface area contributed by atoms with Crippen molar-refractivity contribution in [2.75, 3.05) is 44.8 Å². The van der Waals surface area contributed by atoms with E-state index in [-0.39, 0.29) is 0 Å². The summed E-state index contributed by atoms with van der Waals surface area (Å²) in [4.78, 5) is 10.9. The van der Waals surface area contributed by atoms with Gasteiger partial charge in [0.1, 0.15) is 5.82 Å². The van der Waals surface area contributed by atoms with E-state index in [2.05, 4.69) is 25.5 Å². The molecule has 0 aromatic carbocycles. The number of halogens is 1. The molecular formula is C17H28ClN5O. The first-order chi connectivity index (χ1) is 11.7. The Bertz CT molecular complexity index is 525. The number of aromatic nitrogens is 1. The molecule has 0 spiro atoms. The molecule has 0 radical (unpaired) electrons. The lowest BCUT2D eigenvalue weighted by molar-refractivity contribution is 0.143. The molecule has 1 saturated heterocycles. The fourth-order valence-electron chi connectivity index (χ4n) is 2.75. The van der Waals surface area contributed by atoms with Gasteiger partial charge in [-0.25, -0.2) is 4.98 Å². The van der Waals surface area contributed by atoms with Crippen molar-refractivity contribution in [3.63, 3.8) is 0 Å². The Morgan fingerprint density at radius 1 is 1.50 bits per heavy atom. The maximum Gasteiger partial charge on any atom is 0.191 e. The molecule has 7 heteroatoms. The number of unbranched alkanes of at least 4 members (excludes halogenated alkanes) is 1. The van der Waals surface area contributed by atoms with Crippen LogP contribution in [0.3, 0.4) is 0 Å². The van der Waals surface area contributed by atoms with Crippen LogP contribution in [0.5, 0.6) is 0 Å². The second-order valence-electron chi connectivity index (χ2n) is 5.79. The molecule has 2 N–H and O–H groups in total. The molecule has 0 aliphatic carbocycles. The zero-order valence-electron chi connectivity index (χ0n) is 14.6. The van der Waals surface area contributed by atoms with Gasteiger partial charge in [0.15, 0.2) is 5.96 Å². The Labute approximate surface area is 149 Å². The third-order valence-electron chi connectivity index (χ3n) is 4.00. The summed E-state index contributed by atoms with van der Waals surface area (Å²) in [7, 11) is 1.80. The van der Waals surface area contributed by atoms with E-state index in [4.69, 9.17) is 16.3 Å².